The van der Waals surface area contributed by atoms with Crippen LogP contribution in [0.25, 0.3) is 0 Å². The summed E-state index contributed by atoms with van der Waals surface area (Å²) in [6, 6.07) is 5.62. The Balaban J connectivity index is 0.000000163. The van der Waals surface area contributed by atoms with Crippen molar-refractivity contribution in [2.75, 3.05) is 19.8 Å². The Morgan fingerprint density at radius 3 is 1.06 bits per heavy atom. The summed E-state index contributed by atoms with van der Waals surface area (Å²) in [6.07, 6.45) is 7.65. The van der Waals surface area contributed by atoms with Crippen LogP contribution < -0.4 is 0 Å². The Bertz CT molecular complexity index is 1500. The van der Waals surface area contributed by atoms with E-state index >= 15 is 0 Å². The van der Waals surface area contributed by atoms with Crippen LogP contribution in [0.3, 0.4) is 0 Å². The Morgan fingerprint density at radius 1 is 0.583 bits per heavy atom. The van der Waals surface area contributed by atoms with Crippen LogP contribution in [-0.4, -0.2) is 68.0 Å². The third kappa shape index (κ3) is 7.81. The number of aromatic nitrogens is 3. The number of hydrogen-bond acceptors (Lipinski definition) is 12. The van der Waals surface area contributed by atoms with E-state index in [9.17, 15) is 29.7 Å². The Labute approximate surface area is 303 Å². The molecule has 48 heavy (non-hydrogen) atoms. The molecular weight excluding hydrogens is 822 g/mol. The second kappa shape index (κ2) is 15.8. The first-order chi connectivity index (χ1) is 22.7. The molecule has 0 aromatic carbocycles. The molecule has 3 atom stereocenters. The summed E-state index contributed by atoms with van der Waals surface area (Å²) >= 11 is 9.93. The molecule has 3 N–H and O–H groups in total. The first kappa shape index (κ1) is 38.0. The smallest absolute Gasteiger partial charge is 0.344 e. The number of aliphatic hydroxyl groups is 3. The van der Waals surface area contributed by atoms with Gasteiger partial charge in [0, 0.05) is 32.0 Å². The number of pyridine rings is 3. The number of halogens is 3. The predicted octanol–water partition coefficient (Wildman–Crippen LogP) is 4.62. The van der Waals surface area contributed by atoms with Crippen molar-refractivity contribution in [3.8, 4) is 0 Å². The van der Waals surface area contributed by atoms with Gasteiger partial charge in [-0.05, 0) is 142 Å². The van der Waals surface area contributed by atoms with Crippen molar-refractivity contribution in [1.82, 2.24) is 15.0 Å². The highest BCUT2D eigenvalue weighted by Gasteiger charge is 2.48. The van der Waals surface area contributed by atoms with Gasteiger partial charge in [0.1, 0.15) is 0 Å². The van der Waals surface area contributed by atoms with Crippen molar-refractivity contribution in [3.63, 3.8) is 0 Å². The van der Waals surface area contributed by atoms with Crippen LogP contribution in [0.1, 0.15) is 73.8 Å². The maximum atomic E-state index is 11.7. The van der Waals surface area contributed by atoms with Crippen LogP contribution in [0.15, 0.2) is 50.2 Å². The number of fused-ring (bicyclic) bond motifs is 3. The lowest BCUT2D eigenvalue weighted by Gasteiger charge is -2.20. The molecule has 3 aliphatic carbocycles. The number of nitrogens with zero attached hydrogens (tertiary/aromatic N) is 3. The molecule has 3 aromatic rings. The molecule has 0 aliphatic heterocycles. The lowest BCUT2D eigenvalue weighted by molar-refractivity contribution is -0.167. The minimum absolute atomic E-state index is 0.257. The van der Waals surface area contributed by atoms with Crippen molar-refractivity contribution < 1.29 is 43.9 Å². The molecular formula is C33H36Br3N3O9. The summed E-state index contributed by atoms with van der Waals surface area (Å²) in [5.74, 6) is -1.82. The molecule has 3 aromatic heterocycles. The van der Waals surface area contributed by atoms with E-state index in [4.69, 9.17) is 14.2 Å². The topological polar surface area (TPSA) is 178 Å². The van der Waals surface area contributed by atoms with Gasteiger partial charge in [-0.15, -0.1) is 0 Å². The zero-order valence-electron chi connectivity index (χ0n) is 26.6. The van der Waals surface area contributed by atoms with Crippen molar-refractivity contribution >= 4 is 65.7 Å². The van der Waals surface area contributed by atoms with E-state index in [2.05, 4.69) is 62.7 Å². The normalized spacial score (nSPS) is 22.9. The van der Waals surface area contributed by atoms with Crippen LogP contribution >= 0.6 is 47.8 Å². The van der Waals surface area contributed by atoms with E-state index < -0.39 is 34.7 Å². The molecule has 0 radical (unpaired) electrons. The first-order valence-corrected chi connectivity index (χ1v) is 17.7. The minimum Gasteiger partial charge on any atom is -0.464 e. The molecule has 0 fully saturated rings. The van der Waals surface area contributed by atoms with Crippen molar-refractivity contribution in [1.29, 1.82) is 0 Å². The molecule has 0 bridgehead atoms. The number of hydrogen-bond donors (Lipinski definition) is 3. The van der Waals surface area contributed by atoms with Gasteiger partial charge >= 0.3 is 17.9 Å². The maximum Gasteiger partial charge on any atom is 0.344 e. The second-order valence-corrected chi connectivity index (χ2v) is 14.0. The van der Waals surface area contributed by atoms with E-state index in [1.165, 1.54) is 0 Å². The zero-order valence-corrected chi connectivity index (χ0v) is 31.4. The average Bonchev–Trinajstić information content (AvgIpc) is 3.70. The van der Waals surface area contributed by atoms with Crippen molar-refractivity contribution in [2.45, 2.75) is 76.1 Å². The summed E-state index contributed by atoms with van der Waals surface area (Å²) in [6.45, 7) is 5.91. The van der Waals surface area contributed by atoms with Crippen LogP contribution in [0.2, 0.25) is 0 Å². The number of carbonyl (C=O) groups excluding carboxylic acids is 3. The maximum absolute atomic E-state index is 11.7. The van der Waals surface area contributed by atoms with Crippen molar-refractivity contribution in [2.24, 2.45) is 0 Å². The summed E-state index contributed by atoms with van der Waals surface area (Å²) in [4.78, 5) is 47.4. The predicted molar refractivity (Wildman–Crippen MR) is 182 cm³/mol. The van der Waals surface area contributed by atoms with E-state index in [0.29, 0.717) is 55.6 Å². The largest absolute Gasteiger partial charge is 0.464 e. The molecule has 258 valence electrons. The van der Waals surface area contributed by atoms with Crippen LogP contribution in [0.4, 0.5) is 0 Å². The summed E-state index contributed by atoms with van der Waals surface area (Å²) in [7, 11) is 0. The summed E-state index contributed by atoms with van der Waals surface area (Å²) < 4.78 is 17.2. The fraction of sp³-hybridized carbons (Fsp3) is 0.455. The molecule has 0 spiro atoms. The summed E-state index contributed by atoms with van der Waals surface area (Å²) in [5, 5.41) is 30.8. The lowest BCUT2D eigenvalue weighted by atomic mass is 10.0. The fourth-order valence-corrected chi connectivity index (χ4v) is 6.92. The van der Waals surface area contributed by atoms with E-state index in [0.717, 1.165) is 30.1 Å². The average molecular weight is 858 g/mol. The van der Waals surface area contributed by atoms with Gasteiger partial charge in [-0.1, -0.05) is 0 Å². The Hall–Kier alpha value is -2.82. The van der Waals surface area contributed by atoms with Crippen molar-refractivity contribution in [3.05, 3.63) is 84.0 Å². The fourth-order valence-electron chi connectivity index (χ4n) is 5.78. The monoisotopic (exact) mass is 855 g/mol. The number of aryl methyl sites for hydroxylation is 3. The molecule has 1 unspecified atom stereocenters. The van der Waals surface area contributed by atoms with Gasteiger partial charge in [0.2, 0.25) is 16.8 Å². The molecule has 0 amide bonds. The highest BCUT2D eigenvalue weighted by molar-refractivity contribution is 9.11. The van der Waals surface area contributed by atoms with Gasteiger partial charge in [0.25, 0.3) is 0 Å². The third-order valence-electron chi connectivity index (χ3n) is 8.08. The third-order valence-corrected chi connectivity index (χ3v) is 9.38. The molecule has 12 nitrogen and oxygen atoms in total. The highest BCUT2D eigenvalue weighted by atomic mass is 79.9. The number of ether oxygens (including phenoxy) is 3. The summed E-state index contributed by atoms with van der Waals surface area (Å²) in [5.41, 5.74) is -0.735. The number of esters is 3. The van der Waals surface area contributed by atoms with E-state index in [-0.39, 0.29) is 19.8 Å². The van der Waals surface area contributed by atoms with Gasteiger partial charge in [-0.2, -0.15) is 0 Å². The molecule has 3 heterocycles. The zero-order chi connectivity index (χ0) is 35.3. The SMILES string of the molecule is CCOC(=O)C1(O)CCc2cc(Br)cnc21.CCOC(=O)[C@@]1(O)CCc2cc(Br)cnc21.CCOC(=O)[C@]1(O)CCc2cc(Br)cnc21. The minimum atomic E-state index is -1.56. The van der Waals surface area contributed by atoms with Crippen LogP contribution in [0.5, 0.6) is 0 Å². The quantitative estimate of drug-likeness (QED) is 0.232. The number of carbonyl (C=O) groups is 3. The van der Waals surface area contributed by atoms with Gasteiger partial charge in [-0.3, -0.25) is 15.0 Å². The first-order valence-electron chi connectivity index (χ1n) is 15.4. The van der Waals surface area contributed by atoms with Gasteiger partial charge in [0.15, 0.2) is 0 Å². The van der Waals surface area contributed by atoms with Crippen LogP contribution in [0, 0.1) is 0 Å². The molecule has 15 heteroatoms. The second-order valence-electron chi connectivity index (χ2n) is 11.2. The molecule has 3 aliphatic rings. The Morgan fingerprint density at radius 2 is 0.833 bits per heavy atom. The van der Waals surface area contributed by atoms with E-state index in [1.807, 2.05) is 18.2 Å². The standard InChI is InChI=1S/3C11H12BrNO3/c3*1-2-16-10(14)11(15)4-3-7-5-8(12)6-13-9(7)11/h3*5-6,15H,2-4H2,1H3/t2*11-;/m10./s1. The lowest BCUT2D eigenvalue weighted by Crippen LogP contribution is -2.35. The van der Waals surface area contributed by atoms with Gasteiger partial charge < -0.3 is 29.5 Å². The Kier molecular flexibility index (Phi) is 12.5. The van der Waals surface area contributed by atoms with Gasteiger partial charge in [0.05, 0.1) is 36.9 Å². The van der Waals surface area contributed by atoms with E-state index in [1.54, 1.807) is 39.4 Å². The molecule has 6 rings (SSSR count). The van der Waals surface area contributed by atoms with Gasteiger partial charge in [-0.25, -0.2) is 14.4 Å². The molecule has 0 saturated carbocycles. The number of rotatable bonds is 6. The van der Waals surface area contributed by atoms with Crippen LogP contribution in [-0.2, 0) is 64.7 Å². The highest BCUT2D eigenvalue weighted by Crippen LogP contribution is 2.39. The molecule has 0 saturated heterocycles.